The molecule has 1 saturated heterocycles. The van der Waals surface area contributed by atoms with Gasteiger partial charge >= 0.3 is 0 Å². The van der Waals surface area contributed by atoms with Gasteiger partial charge in [0.05, 0.1) is 5.52 Å². The van der Waals surface area contributed by atoms with Gasteiger partial charge in [0.25, 0.3) is 5.91 Å². The van der Waals surface area contributed by atoms with E-state index in [1.54, 1.807) is 0 Å². The van der Waals surface area contributed by atoms with Crippen molar-refractivity contribution in [3.8, 4) is 0 Å². The van der Waals surface area contributed by atoms with Crippen molar-refractivity contribution >= 4 is 28.4 Å². The van der Waals surface area contributed by atoms with Gasteiger partial charge in [0.15, 0.2) is 5.65 Å². The molecule has 2 aromatic carbocycles. The van der Waals surface area contributed by atoms with Crippen LogP contribution in [0.3, 0.4) is 0 Å². The van der Waals surface area contributed by atoms with Crippen LogP contribution in [0.1, 0.15) is 52.1 Å². The van der Waals surface area contributed by atoms with Crippen molar-refractivity contribution in [2.75, 3.05) is 13.1 Å². The topological polar surface area (TPSA) is 79.6 Å². The van der Waals surface area contributed by atoms with Crippen LogP contribution in [0.2, 0.25) is 0 Å². The van der Waals surface area contributed by atoms with Gasteiger partial charge in [0, 0.05) is 47.9 Å². The maximum Gasteiger partial charge on any atom is 0.251 e. The minimum Gasteiger partial charge on any atom is -0.349 e. The maximum atomic E-state index is 13.0. The van der Waals surface area contributed by atoms with Crippen molar-refractivity contribution < 1.29 is 9.59 Å². The molecule has 35 heavy (non-hydrogen) atoms. The molecule has 0 aliphatic carbocycles. The molecule has 0 saturated carbocycles. The van der Waals surface area contributed by atoms with Crippen LogP contribution in [0.4, 0.5) is 0 Å². The molecule has 4 aromatic rings. The first-order valence-corrected chi connectivity index (χ1v) is 12.3. The van der Waals surface area contributed by atoms with E-state index in [-0.39, 0.29) is 17.9 Å². The first-order valence-electron chi connectivity index (χ1n) is 12.3. The summed E-state index contributed by atoms with van der Waals surface area (Å²) >= 11 is 0. The largest absolute Gasteiger partial charge is 0.349 e. The van der Waals surface area contributed by atoms with Crippen molar-refractivity contribution in [2.45, 2.75) is 52.5 Å². The Morgan fingerprint density at radius 3 is 2.49 bits per heavy atom. The second-order valence-electron chi connectivity index (χ2n) is 9.46. The molecule has 1 N–H and O–H groups in total. The Kier molecular flexibility index (Phi) is 6.24. The second kappa shape index (κ2) is 9.49. The van der Waals surface area contributed by atoms with Crippen LogP contribution in [-0.4, -0.2) is 50.4 Å². The summed E-state index contributed by atoms with van der Waals surface area (Å²) in [6, 6.07) is 15.7. The van der Waals surface area contributed by atoms with Gasteiger partial charge in [-0.05, 0) is 69.4 Å². The van der Waals surface area contributed by atoms with Crippen molar-refractivity contribution in [3.63, 3.8) is 0 Å². The van der Waals surface area contributed by atoms with E-state index in [4.69, 9.17) is 10.1 Å². The van der Waals surface area contributed by atoms with Crippen molar-refractivity contribution in [3.05, 3.63) is 76.6 Å². The number of piperidine rings is 1. The summed E-state index contributed by atoms with van der Waals surface area (Å²) in [5.74, 6) is 0.117. The third-order valence-corrected chi connectivity index (χ3v) is 7.18. The fourth-order valence-electron chi connectivity index (χ4n) is 5.09. The molecule has 180 valence electrons. The number of fused-ring (bicyclic) bond motifs is 3. The Bertz CT molecular complexity index is 1420. The molecule has 7 heteroatoms. The van der Waals surface area contributed by atoms with Gasteiger partial charge in [-0.15, -0.1) is 0 Å². The molecule has 2 amide bonds. The predicted molar refractivity (Wildman–Crippen MR) is 137 cm³/mol. The minimum atomic E-state index is -0.0343. The molecule has 1 aliphatic rings. The predicted octanol–water partition coefficient (Wildman–Crippen LogP) is 4.16. The van der Waals surface area contributed by atoms with E-state index in [9.17, 15) is 9.59 Å². The summed E-state index contributed by atoms with van der Waals surface area (Å²) in [5.41, 5.74) is 6.54. The summed E-state index contributed by atoms with van der Waals surface area (Å²) in [7, 11) is 0. The number of hydrogen-bond acceptors (Lipinski definition) is 4. The molecule has 0 radical (unpaired) electrons. The highest BCUT2D eigenvalue weighted by molar-refractivity contribution is 5.95. The highest BCUT2D eigenvalue weighted by atomic mass is 16.2. The lowest BCUT2D eigenvalue weighted by atomic mass is 10.0. The summed E-state index contributed by atoms with van der Waals surface area (Å²) in [6.07, 6.45) is 2.62. The van der Waals surface area contributed by atoms with Gasteiger partial charge in [-0.3, -0.25) is 9.59 Å². The lowest BCUT2D eigenvalue weighted by Crippen LogP contribution is -2.46. The number of benzene rings is 2. The number of amides is 2. The second-order valence-corrected chi connectivity index (χ2v) is 9.46. The number of hydrogen-bond donors (Lipinski definition) is 1. The first-order chi connectivity index (χ1) is 16.9. The monoisotopic (exact) mass is 469 g/mol. The number of nitrogens with zero attached hydrogens (tertiary/aromatic N) is 4. The maximum absolute atomic E-state index is 13.0. The van der Waals surface area contributed by atoms with E-state index in [0.717, 1.165) is 51.9 Å². The standard InChI is InChI=1S/C28H31N5O2/c1-18-8-4-5-9-22(18)28(35)30-21-14-16-32(17-15-21)26(34)13-12-23-19(2)29-27-24-10-6-7-11-25(24)31-33(27)20(23)3/h4-11,21H,12-17H2,1-3H3,(H,30,35). The smallest absolute Gasteiger partial charge is 0.251 e. The Morgan fingerprint density at radius 2 is 1.71 bits per heavy atom. The molecule has 0 spiro atoms. The fourth-order valence-corrected chi connectivity index (χ4v) is 5.09. The molecule has 0 bridgehead atoms. The number of likely N-dealkylation sites (tertiary alicyclic amines) is 1. The number of carbonyl (C=O) groups excluding carboxylic acids is 2. The fraction of sp³-hybridized carbons (Fsp3) is 0.357. The van der Waals surface area contributed by atoms with Crippen LogP contribution in [0.25, 0.3) is 16.6 Å². The summed E-state index contributed by atoms with van der Waals surface area (Å²) in [5, 5.41) is 8.90. The number of aromatic nitrogens is 3. The molecule has 1 fully saturated rings. The first kappa shape index (κ1) is 23.0. The highest BCUT2D eigenvalue weighted by Crippen LogP contribution is 2.23. The number of nitrogens with one attached hydrogen (secondary N) is 1. The zero-order valence-corrected chi connectivity index (χ0v) is 20.5. The average Bonchev–Trinajstić information content (AvgIpc) is 3.23. The lowest BCUT2D eigenvalue weighted by molar-refractivity contribution is -0.132. The van der Waals surface area contributed by atoms with Crippen molar-refractivity contribution in [1.82, 2.24) is 24.8 Å². The highest BCUT2D eigenvalue weighted by Gasteiger charge is 2.25. The van der Waals surface area contributed by atoms with E-state index in [0.29, 0.717) is 31.5 Å². The normalized spacial score (nSPS) is 14.5. The third kappa shape index (κ3) is 4.50. The number of rotatable bonds is 5. The molecule has 7 nitrogen and oxygen atoms in total. The minimum absolute atomic E-state index is 0.0343. The molecular formula is C28H31N5O2. The zero-order valence-electron chi connectivity index (χ0n) is 20.5. The van der Waals surface area contributed by atoms with E-state index >= 15 is 0 Å². The summed E-state index contributed by atoms with van der Waals surface area (Å²) < 4.78 is 1.90. The summed E-state index contributed by atoms with van der Waals surface area (Å²) in [6.45, 7) is 7.34. The number of carbonyl (C=O) groups is 2. The molecular weight excluding hydrogens is 438 g/mol. The van der Waals surface area contributed by atoms with E-state index in [1.807, 2.05) is 71.8 Å². The molecule has 3 heterocycles. The Balaban J connectivity index is 1.19. The molecule has 5 rings (SSSR count). The van der Waals surface area contributed by atoms with Crippen LogP contribution in [-0.2, 0) is 11.2 Å². The van der Waals surface area contributed by atoms with Gasteiger partial charge < -0.3 is 10.2 Å². The SMILES string of the molecule is Cc1ccccc1C(=O)NC1CCN(C(=O)CCc2c(C)nc3c4ccccc4nn3c2C)CC1. The summed E-state index contributed by atoms with van der Waals surface area (Å²) in [4.78, 5) is 32.4. The molecule has 0 atom stereocenters. The van der Waals surface area contributed by atoms with Crippen LogP contribution in [0.15, 0.2) is 48.5 Å². The Labute approximate surface area is 205 Å². The van der Waals surface area contributed by atoms with Crippen LogP contribution < -0.4 is 5.32 Å². The van der Waals surface area contributed by atoms with Gasteiger partial charge in [0.2, 0.25) is 5.91 Å². The third-order valence-electron chi connectivity index (χ3n) is 7.18. The van der Waals surface area contributed by atoms with Gasteiger partial charge in [-0.2, -0.15) is 5.10 Å². The van der Waals surface area contributed by atoms with Gasteiger partial charge in [0.1, 0.15) is 0 Å². The Hall–Kier alpha value is -3.74. The van der Waals surface area contributed by atoms with Crippen LogP contribution in [0, 0.1) is 20.8 Å². The lowest BCUT2D eigenvalue weighted by Gasteiger charge is -2.32. The average molecular weight is 470 g/mol. The molecule has 2 aromatic heterocycles. The molecule has 1 aliphatic heterocycles. The molecule has 0 unspecified atom stereocenters. The van der Waals surface area contributed by atoms with E-state index < -0.39 is 0 Å². The Morgan fingerprint density at radius 1 is 1.00 bits per heavy atom. The van der Waals surface area contributed by atoms with Crippen LogP contribution >= 0.6 is 0 Å². The van der Waals surface area contributed by atoms with E-state index in [1.165, 1.54) is 0 Å². The quantitative estimate of drug-likeness (QED) is 0.476. The van der Waals surface area contributed by atoms with Gasteiger partial charge in [-0.25, -0.2) is 9.50 Å². The number of aryl methyl sites for hydroxylation is 3. The van der Waals surface area contributed by atoms with E-state index in [2.05, 4.69) is 12.2 Å². The zero-order chi connectivity index (χ0) is 24.5. The van der Waals surface area contributed by atoms with Crippen LogP contribution in [0.5, 0.6) is 0 Å². The van der Waals surface area contributed by atoms with Gasteiger partial charge in [-0.1, -0.05) is 30.3 Å². The van der Waals surface area contributed by atoms with Crippen molar-refractivity contribution in [1.29, 1.82) is 0 Å². The van der Waals surface area contributed by atoms with Crippen molar-refractivity contribution in [2.24, 2.45) is 0 Å².